The average molecular weight is 307 g/mol. The van der Waals surface area contributed by atoms with Gasteiger partial charge in [0.25, 0.3) is 0 Å². The molecule has 1 fully saturated rings. The van der Waals surface area contributed by atoms with E-state index < -0.39 is 5.97 Å². The Morgan fingerprint density at radius 3 is 2.86 bits per heavy atom. The molecule has 6 nitrogen and oxygen atoms in total. The van der Waals surface area contributed by atoms with Crippen molar-refractivity contribution in [2.75, 3.05) is 26.3 Å². The van der Waals surface area contributed by atoms with Crippen LogP contribution in [0.25, 0.3) is 0 Å². The molecule has 1 aliphatic heterocycles. The first-order valence-electron chi connectivity index (χ1n) is 7.39. The summed E-state index contributed by atoms with van der Waals surface area (Å²) in [5.41, 5.74) is 0.857. The number of rotatable bonds is 5. The highest BCUT2D eigenvalue weighted by molar-refractivity contribution is 5.91. The van der Waals surface area contributed by atoms with E-state index in [0.717, 1.165) is 5.56 Å². The topological polar surface area (TPSA) is 76.1 Å². The Morgan fingerprint density at radius 1 is 1.45 bits per heavy atom. The van der Waals surface area contributed by atoms with Crippen LogP contribution in [0.4, 0.5) is 0 Å². The second kappa shape index (κ2) is 7.26. The van der Waals surface area contributed by atoms with Gasteiger partial charge in [-0.3, -0.25) is 4.79 Å². The van der Waals surface area contributed by atoms with E-state index >= 15 is 0 Å². The predicted molar refractivity (Wildman–Crippen MR) is 80.3 cm³/mol. The first-order chi connectivity index (χ1) is 10.5. The van der Waals surface area contributed by atoms with Crippen molar-refractivity contribution >= 4 is 11.9 Å². The van der Waals surface area contributed by atoms with Gasteiger partial charge in [0.05, 0.1) is 25.7 Å². The summed E-state index contributed by atoms with van der Waals surface area (Å²) in [7, 11) is 0. The zero-order valence-corrected chi connectivity index (χ0v) is 12.9. The Morgan fingerprint density at radius 2 is 2.23 bits per heavy atom. The highest BCUT2D eigenvalue weighted by Crippen LogP contribution is 2.21. The number of benzene rings is 1. The second-order valence-electron chi connectivity index (χ2n) is 5.27. The molecule has 1 heterocycles. The number of aromatic carboxylic acids is 1. The molecule has 0 aliphatic carbocycles. The Hall–Kier alpha value is -2.08. The molecular weight excluding hydrogens is 286 g/mol. The van der Waals surface area contributed by atoms with Crippen molar-refractivity contribution in [1.29, 1.82) is 0 Å². The monoisotopic (exact) mass is 307 g/mol. The molecule has 1 aliphatic rings. The van der Waals surface area contributed by atoms with Crippen LogP contribution in [-0.4, -0.2) is 54.3 Å². The maximum atomic E-state index is 12.3. The van der Waals surface area contributed by atoms with E-state index in [1.54, 1.807) is 24.0 Å². The lowest BCUT2D eigenvalue weighted by molar-refractivity contribution is -0.137. The summed E-state index contributed by atoms with van der Waals surface area (Å²) in [6.07, 6.45) is 0.276. The van der Waals surface area contributed by atoms with Crippen LogP contribution in [0.5, 0.6) is 5.75 Å². The standard InChI is InChI=1S/C16H21NO5/c1-3-21-14-8-12(4-5-13(14)16(19)20)9-15(18)17-6-7-22-11(2)10-17/h4-5,8,11H,3,6-7,9-10H2,1-2H3,(H,19,20)/t11-/m0/s1. The van der Waals surface area contributed by atoms with Crippen LogP contribution in [0.2, 0.25) is 0 Å². The van der Waals surface area contributed by atoms with Crippen LogP contribution < -0.4 is 4.74 Å². The van der Waals surface area contributed by atoms with Crippen molar-refractivity contribution in [3.8, 4) is 5.75 Å². The molecule has 0 spiro atoms. The highest BCUT2D eigenvalue weighted by Gasteiger charge is 2.22. The minimum absolute atomic E-state index is 0.0145. The van der Waals surface area contributed by atoms with Crippen LogP contribution >= 0.6 is 0 Å². The van der Waals surface area contributed by atoms with Gasteiger partial charge in [-0.25, -0.2) is 4.79 Å². The maximum absolute atomic E-state index is 12.3. The number of morpholine rings is 1. The zero-order valence-electron chi connectivity index (χ0n) is 12.9. The fourth-order valence-electron chi connectivity index (χ4n) is 2.46. The van der Waals surface area contributed by atoms with Gasteiger partial charge in [-0.15, -0.1) is 0 Å². The lowest BCUT2D eigenvalue weighted by Crippen LogP contribution is -2.45. The van der Waals surface area contributed by atoms with Gasteiger partial charge in [0.1, 0.15) is 11.3 Å². The molecule has 0 radical (unpaired) electrons. The molecule has 0 bridgehead atoms. The molecule has 1 amide bonds. The van der Waals surface area contributed by atoms with E-state index in [9.17, 15) is 9.59 Å². The van der Waals surface area contributed by atoms with E-state index in [2.05, 4.69) is 0 Å². The second-order valence-corrected chi connectivity index (χ2v) is 5.27. The fourth-order valence-corrected chi connectivity index (χ4v) is 2.46. The molecule has 6 heteroatoms. The number of carboxylic acid groups (broad SMARTS) is 1. The smallest absolute Gasteiger partial charge is 0.339 e. The Balaban J connectivity index is 2.10. The van der Waals surface area contributed by atoms with Crippen LogP contribution in [0.15, 0.2) is 18.2 Å². The van der Waals surface area contributed by atoms with Crippen molar-refractivity contribution in [3.63, 3.8) is 0 Å². The highest BCUT2D eigenvalue weighted by atomic mass is 16.5. The third-order valence-electron chi connectivity index (χ3n) is 3.53. The molecule has 1 N–H and O–H groups in total. The predicted octanol–water partition coefficient (Wildman–Crippen LogP) is 1.57. The average Bonchev–Trinajstić information content (AvgIpc) is 2.47. The molecule has 1 saturated heterocycles. The van der Waals surface area contributed by atoms with Gasteiger partial charge in [0, 0.05) is 13.1 Å². The number of amides is 1. The van der Waals surface area contributed by atoms with Gasteiger partial charge in [0.2, 0.25) is 5.91 Å². The van der Waals surface area contributed by atoms with Crippen molar-refractivity contribution in [1.82, 2.24) is 4.90 Å². The van der Waals surface area contributed by atoms with E-state index in [1.165, 1.54) is 6.07 Å². The van der Waals surface area contributed by atoms with Crippen molar-refractivity contribution in [2.24, 2.45) is 0 Å². The molecule has 0 aromatic heterocycles. The van der Waals surface area contributed by atoms with Crippen LogP contribution in [0.3, 0.4) is 0 Å². The van der Waals surface area contributed by atoms with Crippen LogP contribution in [-0.2, 0) is 16.0 Å². The van der Waals surface area contributed by atoms with Crippen molar-refractivity contribution < 1.29 is 24.2 Å². The summed E-state index contributed by atoms with van der Waals surface area (Å²) in [4.78, 5) is 25.2. The van der Waals surface area contributed by atoms with E-state index in [1.807, 2.05) is 6.92 Å². The number of hydrogen-bond acceptors (Lipinski definition) is 4. The van der Waals surface area contributed by atoms with E-state index in [4.69, 9.17) is 14.6 Å². The Labute approximate surface area is 129 Å². The lowest BCUT2D eigenvalue weighted by Gasteiger charge is -2.31. The molecule has 1 aromatic rings. The van der Waals surface area contributed by atoms with Gasteiger partial charge < -0.3 is 19.5 Å². The number of carbonyl (C=O) groups is 2. The molecule has 1 atom stereocenters. The molecule has 22 heavy (non-hydrogen) atoms. The zero-order chi connectivity index (χ0) is 16.1. The van der Waals surface area contributed by atoms with Gasteiger partial charge >= 0.3 is 5.97 Å². The normalized spacial score (nSPS) is 18.1. The minimum atomic E-state index is -1.04. The van der Waals surface area contributed by atoms with E-state index in [-0.39, 0.29) is 24.0 Å². The SMILES string of the molecule is CCOc1cc(CC(=O)N2CCO[C@@H](C)C2)ccc1C(=O)O. The van der Waals surface area contributed by atoms with Crippen molar-refractivity contribution in [3.05, 3.63) is 29.3 Å². The van der Waals surface area contributed by atoms with Crippen LogP contribution in [0.1, 0.15) is 29.8 Å². The Kier molecular flexibility index (Phi) is 5.38. The number of carboxylic acids is 1. The summed E-state index contributed by atoms with van der Waals surface area (Å²) < 4.78 is 10.8. The third-order valence-corrected chi connectivity index (χ3v) is 3.53. The van der Waals surface area contributed by atoms with E-state index in [0.29, 0.717) is 32.1 Å². The lowest BCUT2D eigenvalue weighted by atomic mass is 10.1. The third kappa shape index (κ3) is 3.98. The molecule has 0 saturated carbocycles. The molecule has 120 valence electrons. The number of ether oxygens (including phenoxy) is 2. The minimum Gasteiger partial charge on any atom is -0.493 e. The van der Waals surface area contributed by atoms with Gasteiger partial charge in [-0.2, -0.15) is 0 Å². The molecule has 1 aromatic carbocycles. The number of hydrogen-bond donors (Lipinski definition) is 1. The molecular formula is C16H21NO5. The molecule has 0 unspecified atom stereocenters. The quantitative estimate of drug-likeness (QED) is 0.893. The summed E-state index contributed by atoms with van der Waals surface area (Å²) in [5.74, 6) is -0.723. The fraction of sp³-hybridized carbons (Fsp3) is 0.500. The van der Waals surface area contributed by atoms with Gasteiger partial charge in [-0.1, -0.05) is 6.07 Å². The Bertz CT molecular complexity index is 557. The number of carbonyl (C=O) groups excluding carboxylic acids is 1. The summed E-state index contributed by atoms with van der Waals surface area (Å²) in [6, 6.07) is 4.78. The van der Waals surface area contributed by atoms with Crippen molar-refractivity contribution in [2.45, 2.75) is 26.4 Å². The first kappa shape index (κ1) is 16.3. The first-order valence-corrected chi connectivity index (χ1v) is 7.39. The summed E-state index contributed by atoms with van der Waals surface area (Å²) in [6.45, 7) is 5.83. The summed E-state index contributed by atoms with van der Waals surface area (Å²) >= 11 is 0. The summed E-state index contributed by atoms with van der Waals surface area (Å²) in [5, 5.41) is 9.13. The van der Waals surface area contributed by atoms with Gasteiger partial charge in [0.15, 0.2) is 0 Å². The maximum Gasteiger partial charge on any atom is 0.339 e. The molecule has 2 rings (SSSR count). The van der Waals surface area contributed by atoms with Gasteiger partial charge in [-0.05, 0) is 31.5 Å². The number of nitrogens with zero attached hydrogens (tertiary/aromatic N) is 1. The van der Waals surface area contributed by atoms with Crippen LogP contribution in [0, 0.1) is 0 Å². The largest absolute Gasteiger partial charge is 0.493 e.